The molecular formula is C10H8BrF2N. The van der Waals surface area contributed by atoms with Crippen molar-refractivity contribution in [1.29, 1.82) is 5.26 Å². The first-order valence-corrected chi connectivity index (χ1v) is 5.19. The van der Waals surface area contributed by atoms with Crippen LogP contribution in [0.5, 0.6) is 0 Å². The summed E-state index contributed by atoms with van der Waals surface area (Å²) in [6, 6.07) is 5.28. The van der Waals surface area contributed by atoms with Crippen molar-refractivity contribution in [3.8, 4) is 6.07 Å². The Morgan fingerprint density at radius 3 is 2.71 bits per heavy atom. The summed E-state index contributed by atoms with van der Waals surface area (Å²) >= 11 is 3.14. The number of hydrogen-bond acceptors (Lipinski definition) is 1. The zero-order valence-electron chi connectivity index (χ0n) is 7.30. The van der Waals surface area contributed by atoms with Gasteiger partial charge in [-0.2, -0.15) is 5.26 Å². The molecule has 0 radical (unpaired) electrons. The van der Waals surface area contributed by atoms with Crippen molar-refractivity contribution in [2.75, 3.05) is 5.33 Å². The summed E-state index contributed by atoms with van der Waals surface area (Å²) in [6.45, 7) is 0. The van der Waals surface area contributed by atoms with E-state index in [1.165, 1.54) is 0 Å². The third kappa shape index (κ3) is 2.78. The molecule has 1 aromatic carbocycles. The Labute approximate surface area is 89.5 Å². The first-order chi connectivity index (χ1) is 6.67. The molecule has 0 N–H and O–H groups in total. The van der Waals surface area contributed by atoms with Gasteiger partial charge in [0.05, 0.1) is 12.0 Å². The first kappa shape index (κ1) is 11.1. The maximum Gasteiger partial charge on any atom is 0.126 e. The quantitative estimate of drug-likeness (QED) is 0.766. The summed E-state index contributed by atoms with van der Waals surface area (Å²) in [7, 11) is 0. The molecular weight excluding hydrogens is 252 g/mol. The van der Waals surface area contributed by atoms with Gasteiger partial charge in [-0.15, -0.1) is 0 Å². The van der Waals surface area contributed by atoms with Crippen molar-refractivity contribution in [3.63, 3.8) is 0 Å². The average Bonchev–Trinajstić information content (AvgIpc) is 2.19. The predicted octanol–water partition coefficient (Wildman–Crippen LogP) is 3.04. The van der Waals surface area contributed by atoms with Gasteiger partial charge in [-0.05, 0) is 30.2 Å². The minimum absolute atomic E-state index is 0.228. The molecule has 1 atom stereocenters. The lowest BCUT2D eigenvalue weighted by Gasteiger charge is -2.06. The van der Waals surface area contributed by atoms with Crippen LogP contribution in [0, 0.1) is 28.9 Å². The maximum atomic E-state index is 13.1. The molecule has 0 heterocycles. The number of nitriles is 1. The SMILES string of the molecule is N#CC(CBr)Cc1cc(F)ccc1F. The van der Waals surface area contributed by atoms with E-state index in [4.69, 9.17) is 5.26 Å². The number of benzene rings is 1. The number of nitrogens with zero attached hydrogens (tertiary/aromatic N) is 1. The summed E-state index contributed by atoms with van der Waals surface area (Å²) in [6.07, 6.45) is 0.228. The first-order valence-electron chi connectivity index (χ1n) is 4.07. The van der Waals surface area contributed by atoms with Gasteiger partial charge in [-0.25, -0.2) is 8.78 Å². The molecule has 0 amide bonds. The van der Waals surface area contributed by atoms with E-state index in [0.717, 1.165) is 18.2 Å². The van der Waals surface area contributed by atoms with Crippen molar-refractivity contribution in [3.05, 3.63) is 35.4 Å². The van der Waals surface area contributed by atoms with Crippen LogP contribution in [0.15, 0.2) is 18.2 Å². The van der Waals surface area contributed by atoms with Crippen LogP contribution in [-0.4, -0.2) is 5.33 Å². The van der Waals surface area contributed by atoms with Gasteiger partial charge in [0.15, 0.2) is 0 Å². The van der Waals surface area contributed by atoms with Gasteiger partial charge < -0.3 is 0 Å². The number of rotatable bonds is 3. The molecule has 0 saturated carbocycles. The topological polar surface area (TPSA) is 23.8 Å². The molecule has 74 valence electrons. The lowest BCUT2D eigenvalue weighted by atomic mass is 10.0. The molecule has 14 heavy (non-hydrogen) atoms. The lowest BCUT2D eigenvalue weighted by Crippen LogP contribution is -2.05. The van der Waals surface area contributed by atoms with Crippen LogP contribution >= 0.6 is 15.9 Å². The highest BCUT2D eigenvalue weighted by Gasteiger charge is 2.11. The zero-order chi connectivity index (χ0) is 10.6. The van der Waals surface area contributed by atoms with E-state index in [-0.39, 0.29) is 17.9 Å². The Bertz CT molecular complexity index is 360. The molecule has 0 bridgehead atoms. The van der Waals surface area contributed by atoms with Crippen molar-refractivity contribution < 1.29 is 8.78 Å². The number of alkyl halides is 1. The van der Waals surface area contributed by atoms with Crippen LogP contribution in [-0.2, 0) is 6.42 Å². The number of hydrogen-bond donors (Lipinski definition) is 0. The molecule has 0 aliphatic heterocycles. The van der Waals surface area contributed by atoms with Gasteiger partial charge in [0.1, 0.15) is 11.6 Å². The third-order valence-corrected chi connectivity index (χ3v) is 2.62. The standard InChI is InChI=1S/C10H8BrF2N/c11-5-7(6-14)3-8-4-9(12)1-2-10(8)13/h1-2,4,7H,3,5H2. The fraction of sp³-hybridized carbons (Fsp3) is 0.300. The lowest BCUT2D eigenvalue weighted by molar-refractivity contribution is 0.575. The van der Waals surface area contributed by atoms with Crippen LogP contribution < -0.4 is 0 Å². The number of halogens is 3. The zero-order valence-corrected chi connectivity index (χ0v) is 8.89. The Balaban J connectivity index is 2.86. The molecule has 0 aliphatic rings. The smallest absolute Gasteiger partial charge is 0.126 e. The van der Waals surface area contributed by atoms with E-state index < -0.39 is 11.6 Å². The third-order valence-electron chi connectivity index (χ3n) is 1.84. The minimum atomic E-state index is -0.479. The Morgan fingerprint density at radius 2 is 2.14 bits per heavy atom. The molecule has 0 fully saturated rings. The van der Waals surface area contributed by atoms with Crippen molar-refractivity contribution in [2.24, 2.45) is 5.92 Å². The largest absolute Gasteiger partial charge is 0.207 e. The Morgan fingerprint density at radius 1 is 1.43 bits per heavy atom. The molecule has 1 aromatic rings. The fourth-order valence-corrected chi connectivity index (χ4v) is 1.47. The molecule has 1 nitrogen and oxygen atoms in total. The normalized spacial score (nSPS) is 12.1. The van der Waals surface area contributed by atoms with E-state index >= 15 is 0 Å². The summed E-state index contributed by atoms with van der Waals surface area (Å²) in [5.74, 6) is -1.27. The molecule has 1 rings (SSSR count). The maximum absolute atomic E-state index is 13.1. The molecule has 0 aromatic heterocycles. The summed E-state index contributed by atoms with van der Waals surface area (Å²) in [5.41, 5.74) is 0.246. The van der Waals surface area contributed by atoms with Gasteiger partial charge in [0, 0.05) is 5.33 Å². The van der Waals surface area contributed by atoms with Gasteiger partial charge in [0.2, 0.25) is 0 Å². The van der Waals surface area contributed by atoms with Gasteiger partial charge in [-0.3, -0.25) is 0 Å². The van der Waals surface area contributed by atoms with Crippen LogP contribution in [0.25, 0.3) is 0 Å². The fourth-order valence-electron chi connectivity index (χ4n) is 1.10. The summed E-state index contributed by atoms with van der Waals surface area (Å²) < 4.78 is 25.9. The molecule has 0 spiro atoms. The van der Waals surface area contributed by atoms with Gasteiger partial charge in [-0.1, -0.05) is 15.9 Å². The molecule has 4 heteroatoms. The van der Waals surface area contributed by atoms with Crippen molar-refractivity contribution in [2.45, 2.75) is 6.42 Å². The van der Waals surface area contributed by atoms with Crippen LogP contribution in [0.2, 0.25) is 0 Å². The average molecular weight is 260 g/mol. The minimum Gasteiger partial charge on any atom is -0.207 e. The molecule has 0 saturated heterocycles. The molecule has 1 unspecified atom stereocenters. The van der Waals surface area contributed by atoms with Gasteiger partial charge in [0.25, 0.3) is 0 Å². The van der Waals surface area contributed by atoms with Crippen LogP contribution in [0.1, 0.15) is 5.56 Å². The predicted molar refractivity (Wildman–Crippen MR) is 53.0 cm³/mol. The van der Waals surface area contributed by atoms with E-state index in [1.54, 1.807) is 0 Å². The second kappa shape index (κ2) is 5.06. The van der Waals surface area contributed by atoms with Crippen LogP contribution in [0.4, 0.5) is 8.78 Å². The highest BCUT2D eigenvalue weighted by atomic mass is 79.9. The van der Waals surface area contributed by atoms with E-state index in [0.29, 0.717) is 5.33 Å². The second-order valence-corrected chi connectivity index (χ2v) is 3.57. The Kier molecular flexibility index (Phi) is 4.02. The molecule has 0 aliphatic carbocycles. The highest BCUT2D eigenvalue weighted by molar-refractivity contribution is 9.09. The second-order valence-electron chi connectivity index (χ2n) is 2.92. The highest BCUT2D eigenvalue weighted by Crippen LogP contribution is 2.15. The van der Waals surface area contributed by atoms with Crippen molar-refractivity contribution in [1.82, 2.24) is 0 Å². The van der Waals surface area contributed by atoms with Gasteiger partial charge >= 0.3 is 0 Å². The summed E-state index contributed by atoms with van der Waals surface area (Å²) in [4.78, 5) is 0. The van der Waals surface area contributed by atoms with E-state index in [2.05, 4.69) is 15.9 Å². The monoisotopic (exact) mass is 259 g/mol. The Hall–Kier alpha value is -0.950. The van der Waals surface area contributed by atoms with Crippen molar-refractivity contribution >= 4 is 15.9 Å². The van der Waals surface area contributed by atoms with Crippen LogP contribution in [0.3, 0.4) is 0 Å². The van der Waals surface area contributed by atoms with E-state index in [9.17, 15) is 8.78 Å². The van der Waals surface area contributed by atoms with E-state index in [1.807, 2.05) is 6.07 Å². The summed E-state index contributed by atoms with van der Waals surface area (Å²) in [5, 5.41) is 9.11.